The second kappa shape index (κ2) is 15.9. The van der Waals surface area contributed by atoms with Gasteiger partial charge in [0.15, 0.2) is 0 Å². The Hall–Kier alpha value is -1.87. The Morgan fingerprint density at radius 2 is 1.88 bits per heavy atom. The summed E-state index contributed by atoms with van der Waals surface area (Å²) in [5, 5.41) is 3.04. The molecule has 1 unspecified atom stereocenters. The third kappa shape index (κ3) is 9.73. The zero-order valence-corrected chi connectivity index (χ0v) is 21.5. The fourth-order valence-electron chi connectivity index (χ4n) is 4.20. The Bertz CT molecular complexity index is 684. The molecule has 1 aliphatic heterocycles. The Labute approximate surface area is 198 Å². The predicted molar refractivity (Wildman–Crippen MR) is 140 cm³/mol. The molecule has 0 bridgehead atoms. The van der Waals surface area contributed by atoms with Crippen molar-refractivity contribution < 1.29 is 4.79 Å². The first kappa shape index (κ1) is 28.2. The van der Waals surface area contributed by atoms with Crippen LogP contribution in [-0.2, 0) is 6.42 Å². The van der Waals surface area contributed by atoms with Crippen LogP contribution in [0.15, 0.2) is 43.1 Å². The fourth-order valence-corrected chi connectivity index (χ4v) is 4.20. The number of nitrogens with zero attached hydrogens (tertiary/aromatic N) is 1. The summed E-state index contributed by atoms with van der Waals surface area (Å²) < 4.78 is 0. The summed E-state index contributed by atoms with van der Waals surface area (Å²) in [5.74, 6) is 2.25. The van der Waals surface area contributed by atoms with Crippen LogP contribution in [0.25, 0.3) is 0 Å². The molecule has 1 aromatic carbocycles. The Kier molecular flexibility index (Phi) is 14.0. The van der Waals surface area contributed by atoms with E-state index < -0.39 is 0 Å². The lowest BCUT2D eigenvalue weighted by atomic mass is 9.87. The minimum Gasteiger partial charge on any atom is -0.392 e. The summed E-state index contributed by atoms with van der Waals surface area (Å²) >= 11 is 0. The third-order valence-electron chi connectivity index (χ3n) is 6.67. The lowest BCUT2D eigenvalue weighted by Gasteiger charge is -2.32. The number of aldehydes is 1. The van der Waals surface area contributed by atoms with Crippen LogP contribution in [-0.4, -0.2) is 37.9 Å². The number of carbonyl (C=O) groups excluding carboxylic acids is 1. The minimum atomic E-state index is 0.558. The SMILES string of the molecule is C=CCCC(C)C(=C)NC.CC.CCc1cc(C2CCN(CC3CC3)CC2)ccc1C=O. The maximum absolute atomic E-state index is 11.0. The minimum absolute atomic E-state index is 0.558. The Balaban J connectivity index is 0.000000364. The van der Waals surface area contributed by atoms with Gasteiger partial charge in [-0.2, -0.15) is 0 Å². The zero-order chi connectivity index (χ0) is 23.9. The van der Waals surface area contributed by atoms with Crippen LogP contribution in [0.5, 0.6) is 0 Å². The summed E-state index contributed by atoms with van der Waals surface area (Å²) in [5.41, 5.74) is 4.63. The van der Waals surface area contributed by atoms with Gasteiger partial charge in [-0.05, 0) is 86.9 Å². The molecule has 3 rings (SSSR count). The van der Waals surface area contributed by atoms with E-state index in [2.05, 4.69) is 49.4 Å². The topological polar surface area (TPSA) is 32.3 Å². The maximum atomic E-state index is 11.0. The molecule has 2 aliphatic rings. The molecule has 2 fully saturated rings. The molecule has 0 spiro atoms. The van der Waals surface area contributed by atoms with E-state index in [-0.39, 0.29) is 0 Å². The van der Waals surface area contributed by atoms with Crippen molar-refractivity contribution in [3.05, 3.63) is 59.8 Å². The van der Waals surface area contributed by atoms with Crippen LogP contribution in [0.1, 0.15) is 93.6 Å². The largest absolute Gasteiger partial charge is 0.392 e. The maximum Gasteiger partial charge on any atom is 0.150 e. The fraction of sp³-hybridized carbons (Fsp3) is 0.621. The van der Waals surface area contributed by atoms with Crippen LogP contribution in [0.2, 0.25) is 0 Å². The van der Waals surface area contributed by atoms with Gasteiger partial charge in [-0.25, -0.2) is 0 Å². The standard InChI is InChI=1S/C18H25NO.C9H17N.C2H6/c1-2-15-11-17(5-6-18(15)13-20)16-7-9-19(10-8-16)12-14-3-4-14;1-5-6-7-8(2)9(3)10-4;1-2/h5-6,11,13-14,16H,2-4,7-10,12H2,1H3;5,8,10H,1,3,6-7H2,2,4H3;1-2H3. The molecule has 0 aromatic heterocycles. The number of carbonyl (C=O) groups is 1. The highest BCUT2D eigenvalue weighted by molar-refractivity contribution is 5.77. The third-order valence-corrected chi connectivity index (χ3v) is 6.67. The van der Waals surface area contributed by atoms with Crippen molar-refractivity contribution in [2.45, 2.75) is 78.6 Å². The molecule has 1 N–H and O–H groups in total. The quantitative estimate of drug-likeness (QED) is 0.314. The van der Waals surface area contributed by atoms with E-state index in [4.69, 9.17) is 0 Å². The zero-order valence-electron chi connectivity index (χ0n) is 21.5. The summed E-state index contributed by atoms with van der Waals surface area (Å²) in [6, 6.07) is 6.45. The lowest BCUT2D eigenvalue weighted by molar-refractivity contribution is 0.112. The number of aryl methyl sites for hydroxylation is 1. The van der Waals surface area contributed by atoms with Gasteiger partial charge < -0.3 is 10.2 Å². The van der Waals surface area contributed by atoms with E-state index in [1.165, 1.54) is 56.4 Å². The first-order valence-electron chi connectivity index (χ1n) is 12.8. The van der Waals surface area contributed by atoms with Crippen LogP contribution in [0.4, 0.5) is 0 Å². The summed E-state index contributed by atoms with van der Waals surface area (Å²) in [6.45, 7) is 19.7. The predicted octanol–water partition coefficient (Wildman–Crippen LogP) is 7.00. The molecule has 0 amide bonds. The van der Waals surface area contributed by atoms with Crippen molar-refractivity contribution in [3.8, 4) is 0 Å². The molecular formula is C29H48N2O. The smallest absolute Gasteiger partial charge is 0.150 e. The number of allylic oxidation sites excluding steroid dienone is 2. The molecule has 1 heterocycles. The number of piperidine rings is 1. The molecule has 3 nitrogen and oxygen atoms in total. The lowest BCUT2D eigenvalue weighted by Crippen LogP contribution is -2.34. The highest BCUT2D eigenvalue weighted by Gasteiger charge is 2.27. The average molecular weight is 441 g/mol. The average Bonchev–Trinajstić information content (AvgIpc) is 3.67. The number of nitrogens with one attached hydrogen (secondary N) is 1. The van der Waals surface area contributed by atoms with E-state index in [1.807, 2.05) is 33.0 Å². The van der Waals surface area contributed by atoms with Gasteiger partial charge in [-0.3, -0.25) is 4.79 Å². The first-order valence-corrected chi connectivity index (χ1v) is 12.8. The Morgan fingerprint density at radius 1 is 1.22 bits per heavy atom. The second-order valence-electron chi connectivity index (χ2n) is 8.99. The number of likely N-dealkylation sites (tertiary alicyclic amines) is 1. The molecule has 32 heavy (non-hydrogen) atoms. The van der Waals surface area contributed by atoms with Crippen molar-refractivity contribution in [2.75, 3.05) is 26.7 Å². The highest BCUT2D eigenvalue weighted by Crippen LogP contribution is 2.33. The van der Waals surface area contributed by atoms with Crippen molar-refractivity contribution in [2.24, 2.45) is 11.8 Å². The monoisotopic (exact) mass is 440 g/mol. The first-order chi connectivity index (χ1) is 15.5. The van der Waals surface area contributed by atoms with E-state index in [9.17, 15) is 4.79 Å². The van der Waals surface area contributed by atoms with Crippen LogP contribution < -0.4 is 5.32 Å². The molecule has 1 saturated heterocycles. The van der Waals surface area contributed by atoms with Gasteiger partial charge in [0.25, 0.3) is 0 Å². The van der Waals surface area contributed by atoms with Gasteiger partial charge in [-0.1, -0.05) is 58.5 Å². The van der Waals surface area contributed by atoms with Gasteiger partial charge in [-0.15, -0.1) is 6.58 Å². The van der Waals surface area contributed by atoms with Gasteiger partial charge in [0.2, 0.25) is 0 Å². The molecule has 3 heteroatoms. The molecular weight excluding hydrogens is 392 g/mol. The summed E-state index contributed by atoms with van der Waals surface area (Å²) in [7, 11) is 1.91. The molecule has 1 atom stereocenters. The molecule has 1 aliphatic carbocycles. The van der Waals surface area contributed by atoms with Gasteiger partial charge >= 0.3 is 0 Å². The van der Waals surface area contributed by atoms with Crippen molar-refractivity contribution in [3.63, 3.8) is 0 Å². The van der Waals surface area contributed by atoms with Crippen molar-refractivity contribution >= 4 is 6.29 Å². The number of benzene rings is 1. The highest BCUT2D eigenvalue weighted by atomic mass is 16.1. The molecule has 1 saturated carbocycles. The van der Waals surface area contributed by atoms with Gasteiger partial charge in [0.1, 0.15) is 6.29 Å². The van der Waals surface area contributed by atoms with Crippen LogP contribution in [0, 0.1) is 11.8 Å². The normalized spacial score (nSPS) is 17.2. The summed E-state index contributed by atoms with van der Waals surface area (Å²) in [6.07, 6.45) is 11.5. The number of hydrogen-bond donors (Lipinski definition) is 1. The molecule has 0 radical (unpaired) electrons. The number of hydrogen-bond acceptors (Lipinski definition) is 3. The van der Waals surface area contributed by atoms with Crippen molar-refractivity contribution in [1.82, 2.24) is 10.2 Å². The van der Waals surface area contributed by atoms with E-state index in [0.29, 0.717) is 11.8 Å². The van der Waals surface area contributed by atoms with Crippen molar-refractivity contribution in [1.29, 1.82) is 0 Å². The molecule has 180 valence electrons. The van der Waals surface area contributed by atoms with Crippen LogP contribution in [0.3, 0.4) is 0 Å². The van der Waals surface area contributed by atoms with E-state index in [1.54, 1.807) is 0 Å². The van der Waals surface area contributed by atoms with Gasteiger partial charge in [0, 0.05) is 24.9 Å². The number of rotatable bonds is 10. The second-order valence-corrected chi connectivity index (χ2v) is 8.99. The molecule has 1 aromatic rings. The van der Waals surface area contributed by atoms with Gasteiger partial charge in [0.05, 0.1) is 0 Å². The Morgan fingerprint density at radius 3 is 2.38 bits per heavy atom. The van der Waals surface area contributed by atoms with E-state index in [0.717, 1.165) is 42.7 Å². The van der Waals surface area contributed by atoms with E-state index >= 15 is 0 Å². The summed E-state index contributed by atoms with van der Waals surface area (Å²) in [4.78, 5) is 13.7. The van der Waals surface area contributed by atoms with Crippen LogP contribution >= 0.6 is 0 Å².